The van der Waals surface area contributed by atoms with Crippen LogP contribution in [0.15, 0.2) is 23.4 Å². The molecule has 0 amide bonds. The Balaban J connectivity index is 2.85. The first-order valence-electron chi connectivity index (χ1n) is 5.24. The second-order valence-electron chi connectivity index (χ2n) is 4.87. The summed E-state index contributed by atoms with van der Waals surface area (Å²) in [6, 6.07) is 3.93. The van der Waals surface area contributed by atoms with Crippen molar-refractivity contribution in [1.29, 1.82) is 0 Å². The van der Waals surface area contributed by atoms with Gasteiger partial charge >= 0.3 is 0 Å². The van der Waals surface area contributed by atoms with E-state index in [0.29, 0.717) is 15.2 Å². The summed E-state index contributed by atoms with van der Waals surface area (Å²) in [5, 5.41) is 4.72. The van der Waals surface area contributed by atoms with Gasteiger partial charge < -0.3 is 5.73 Å². The highest BCUT2D eigenvalue weighted by molar-refractivity contribution is 7.84. The Bertz CT molecular complexity index is 597. The summed E-state index contributed by atoms with van der Waals surface area (Å²) in [5.74, 6) is 0. The molecule has 1 atom stereocenters. The van der Waals surface area contributed by atoms with E-state index in [1.165, 1.54) is 0 Å². The molecule has 0 bridgehead atoms. The minimum atomic E-state index is -1.17. The summed E-state index contributed by atoms with van der Waals surface area (Å²) >= 11 is 0. The molecule has 0 aliphatic rings. The summed E-state index contributed by atoms with van der Waals surface area (Å²) < 4.78 is 13.9. The molecule has 2 aromatic heterocycles. The van der Waals surface area contributed by atoms with Crippen LogP contribution in [0, 0.1) is 0 Å². The largest absolute Gasteiger partial charge is 0.394 e. The van der Waals surface area contributed by atoms with Gasteiger partial charge in [-0.2, -0.15) is 5.10 Å². The fraction of sp³-hybridized carbons (Fsp3) is 0.364. The third kappa shape index (κ3) is 1.94. The molecule has 2 heterocycles. The fourth-order valence-corrected chi connectivity index (χ4v) is 2.45. The van der Waals surface area contributed by atoms with Crippen molar-refractivity contribution >= 4 is 27.7 Å². The normalized spacial score (nSPS) is 14.1. The molecule has 0 fully saturated rings. The van der Waals surface area contributed by atoms with Gasteiger partial charge in [0.15, 0.2) is 16.2 Å². The van der Waals surface area contributed by atoms with Gasteiger partial charge in [-0.05, 0) is 6.07 Å². The van der Waals surface area contributed by atoms with E-state index in [1.54, 1.807) is 10.8 Å². The highest BCUT2D eigenvalue weighted by Crippen LogP contribution is 2.31. The Morgan fingerprint density at radius 3 is 2.59 bits per heavy atom. The van der Waals surface area contributed by atoms with E-state index in [-0.39, 0.29) is 0 Å². The minimum absolute atomic E-state index is 0.450. The van der Waals surface area contributed by atoms with E-state index in [0.717, 1.165) is 11.2 Å². The Hall–Kier alpha value is -1.40. The first-order valence-corrected chi connectivity index (χ1v) is 6.80. The minimum Gasteiger partial charge on any atom is -0.394 e. The van der Waals surface area contributed by atoms with E-state index < -0.39 is 10.8 Å². The average Bonchev–Trinajstić information content (AvgIpc) is 2.55. The molecule has 0 spiro atoms. The molecule has 17 heavy (non-hydrogen) atoms. The summed E-state index contributed by atoms with van der Waals surface area (Å²) in [6.07, 6.45) is 3.41. The van der Waals surface area contributed by atoms with Crippen LogP contribution in [0.5, 0.6) is 0 Å². The lowest BCUT2D eigenvalue weighted by molar-refractivity contribution is 0.488. The van der Waals surface area contributed by atoms with Crippen LogP contribution in [0.2, 0.25) is 0 Å². The van der Waals surface area contributed by atoms with Gasteiger partial charge in [-0.3, -0.25) is 8.69 Å². The summed E-state index contributed by atoms with van der Waals surface area (Å²) in [4.78, 5) is 0. The number of rotatable bonds is 2. The van der Waals surface area contributed by atoms with E-state index in [9.17, 15) is 4.21 Å². The van der Waals surface area contributed by atoms with Crippen molar-refractivity contribution in [1.82, 2.24) is 14.1 Å². The number of pyridine rings is 1. The molecule has 2 N–H and O–H groups in total. The van der Waals surface area contributed by atoms with Crippen LogP contribution in [0.1, 0.15) is 0 Å². The van der Waals surface area contributed by atoms with Gasteiger partial charge in [0, 0.05) is 18.5 Å². The number of quaternary nitrogens is 1. The van der Waals surface area contributed by atoms with Crippen molar-refractivity contribution in [2.45, 2.75) is 5.03 Å². The second kappa shape index (κ2) is 3.82. The average molecular weight is 253 g/mol. The molecule has 0 aliphatic carbocycles. The third-order valence-corrected chi connectivity index (χ3v) is 3.48. The van der Waals surface area contributed by atoms with Crippen molar-refractivity contribution < 1.29 is 4.21 Å². The lowest BCUT2D eigenvalue weighted by Crippen LogP contribution is -2.35. The number of aromatic nitrogens is 2. The van der Waals surface area contributed by atoms with Crippen molar-refractivity contribution in [3.05, 3.63) is 18.3 Å². The zero-order chi connectivity index (χ0) is 12.8. The van der Waals surface area contributed by atoms with Crippen LogP contribution in [-0.4, -0.2) is 41.2 Å². The molecule has 0 aliphatic heterocycles. The van der Waals surface area contributed by atoms with Crippen LogP contribution in [0.4, 0.5) is 11.4 Å². The maximum absolute atomic E-state index is 11.5. The smallest absolute Gasteiger partial charge is 0.173 e. The monoisotopic (exact) mass is 253 g/mol. The topological polar surface area (TPSA) is 60.4 Å². The molecule has 0 aromatic carbocycles. The number of nitrogen functional groups attached to an aromatic ring is 1. The van der Waals surface area contributed by atoms with Gasteiger partial charge in [0.2, 0.25) is 0 Å². The van der Waals surface area contributed by atoms with Gasteiger partial charge in [-0.1, -0.05) is 0 Å². The Morgan fingerprint density at radius 1 is 1.41 bits per heavy atom. The number of nitrogens with two attached hydrogens (primary N) is 1. The van der Waals surface area contributed by atoms with Crippen molar-refractivity contribution in [2.75, 3.05) is 33.1 Å². The summed E-state index contributed by atoms with van der Waals surface area (Å²) in [7, 11) is 5.01. The molecule has 92 valence electrons. The zero-order valence-electron chi connectivity index (χ0n) is 10.5. The number of nitrogens with zero attached hydrogens (tertiary/aromatic N) is 3. The van der Waals surface area contributed by atoms with Crippen LogP contribution < -0.4 is 10.2 Å². The quantitative estimate of drug-likeness (QED) is 0.807. The third-order valence-electron chi connectivity index (χ3n) is 2.63. The van der Waals surface area contributed by atoms with Crippen LogP contribution in [0.25, 0.3) is 5.52 Å². The Labute approximate surface area is 103 Å². The maximum Gasteiger partial charge on any atom is 0.173 e. The Kier molecular flexibility index (Phi) is 2.71. The van der Waals surface area contributed by atoms with E-state index in [2.05, 4.69) is 26.2 Å². The summed E-state index contributed by atoms with van der Waals surface area (Å²) in [5.41, 5.74) is 8.45. The highest BCUT2D eigenvalue weighted by Gasteiger charge is 2.22. The molecule has 6 heteroatoms. The van der Waals surface area contributed by atoms with Gasteiger partial charge in [0.25, 0.3) is 0 Å². The maximum atomic E-state index is 11.5. The molecule has 2 rings (SSSR count). The standard InChI is InChI=1S/C11H17N4OS/c1-15(2,3)8-6-5-7-14-10(8)9(12)11(13-14)17(4)16/h5-7H,12H2,1-4H3/q+1. The number of anilines is 1. The summed E-state index contributed by atoms with van der Waals surface area (Å²) in [6.45, 7) is 0. The number of fused-ring (bicyclic) bond motifs is 1. The molecular weight excluding hydrogens is 236 g/mol. The first kappa shape index (κ1) is 12.1. The Morgan fingerprint density at radius 2 is 2.06 bits per heavy atom. The van der Waals surface area contributed by atoms with Crippen LogP contribution in [-0.2, 0) is 10.8 Å². The molecular formula is C11H17N4OS+. The molecule has 0 radical (unpaired) electrons. The van der Waals surface area contributed by atoms with Gasteiger partial charge in [0.05, 0.1) is 31.9 Å². The van der Waals surface area contributed by atoms with Crippen molar-refractivity contribution in [3.8, 4) is 0 Å². The lowest BCUT2D eigenvalue weighted by Gasteiger charge is -2.24. The number of hydrogen-bond donors (Lipinski definition) is 1. The van der Waals surface area contributed by atoms with E-state index in [4.69, 9.17) is 5.73 Å². The van der Waals surface area contributed by atoms with Crippen molar-refractivity contribution in [3.63, 3.8) is 0 Å². The lowest BCUT2D eigenvalue weighted by atomic mass is 10.2. The predicted octanol–water partition coefficient (Wildman–Crippen LogP) is 0.851. The fourth-order valence-electron chi connectivity index (χ4n) is 1.84. The van der Waals surface area contributed by atoms with Crippen molar-refractivity contribution in [2.24, 2.45) is 0 Å². The van der Waals surface area contributed by atoms with Gasteiger partial charge in [-0.25, -0.2) is 4.52 Å². The second-order valence-corrected chi connectivity index (χ2v) is 6.17. The van der Waals surface area contributed by atoms with Crippen LogP contribution >= 0.6 is 0 Å². The number of hydrogen-bond acceptors (Lipinski definition) is 3. The molecule has 1 unspecified atom stereocenters. The SMILES string of the molecule is CS(=O)c1nn2cccc([N+](C)(C)C)c2c1N. The van der Waals surface area contributed by atoms with Gasteiger partial charge in [0.1, 0.15) is 5.69 Å². The molecule has 2 aromatic rings. The van der Waals surface area contributed by atoms with E-state index >= 15 is 0 Å². The zero-order valence-corrected chi connectivity index (χ0v) is 11.3. The first-order chi connectivity index (χ1) is 7.82. The highest BCUT2D eigenvalue weighted by atomic mass is 32.2. The molecule has 0 saturated carbocycles. The van der Waals surface area contributed by atoms with Gasteiger partial charge in [-0.15, -0.1) is 0 Å². The molecule has 0 saturated heterocycles. The molecule has 5 nitrogen and oxygen atoms in total. The van der Waals surface area contributed by atoms with Crippen LogP contribution in [0.3, 0.4) is 0 Å². The predicted molar refractivity (Wildman–Crippen MR) is 71.5 cm³/mol. The van der Waals surface area contributed by atoms with E-state index in [1.807, 2.05) is 18.3 Å².